The highest BCUT2D eigenvalue weighted by atomic mass is 17.2. The molecule has 0 heterocycles. The molecule has 118 valence electrons. The maximum absolute atomic E-state index is 11.5. The van der Waals surface area contributed by atoms with E-state index >= 15 is 0 Å². The SMILES string of the molecule is CCCCCC(C)(C)OOC(=O)OCc1ccc(C)cc1. The average Bonchev–Trinajstić information content (AvgIpc) is 2.45. The Kier molecular flexibility index (Phi) is 7.23. The second kappa shape index (κ2) is 8.67. The highest BCUT2D eigenvalue weighted by Gasteiger charge is 2.22. The Morgan fingerprint density at radius 2 is 1.81 bits per heavy atom. The van der Waals surface area contributed by atoms with E-state index in [2.05, 4.69) is 6.92 Å². The predicted molar refractivity (Wildman–Crippen MR) is 81.8 cm³/mol. The summed E-state index contributed by atoms with van der Waals surface area (Å²) >= 11 is 0. The molecule has 4 heteroatoms. The first-order valence-corrected chi connectivity index (χ1v) is 7.51. The van der Waals surface area contributed by atoms with Crippen molar-refractivity contribution in [3.63, 3.8) is 0 Å². The molecule has 0 bridgehead atoms. The quantitative estimate of drug-likeness (QED) is 0.295. The second-order valence-electron chi connectivity index (χ2n) is 5.91. The van der Waals surface area contributed by atoms with Crippen LogP contribution in [0.25, 0.3) is 0 Å². The van der Waals surface area contributed by atoms with E-state index in [1.54, 1.807) is 0 Å². The van der Waals surface area contributed by atoms with Crippen LogP contribution in [0.2, 0.25) is 0 Å². The zero-order valence-corrected chi connectivity index (χ0v) is 13.5. The zero-order valence-electron chi connectivity index (χ0n) is 13.5. The van der Waals surface area contributed by atoms with Crippen molar-refractivity contribution in [2.45, 2.75) is 65.6 Å². The molecule has 1 aromatic rings. The van der Waals surface area contributed by atoms with E-state index in [0.29, 0.717) is 0 Å². The first kappa shape index (κ1) is 17.5. The van der Waals surface area contributed by atoms with E-state index in [1.165, 1.54) is 5.56 Å². The number of hydrogen-bond donors (Lipinski definition) is 0. The highest BCUT2D eigenvalue weighted by molar-refractivity contribution is 5.59. The minimum atomic E-state index is -0.806. The van der Waals surface area contributed by atoms with Crippen molar-refractivity contribution in [1.82, 2.24) is 0 Å². The van der Waals surface area contributed by atoms with Crippen LogP contribution < -0.4 is 0 Å². The Hall–Kier alpha value is -1.55. The minimum Gasteiger partial charge on any atom is -0.427 e. The lowest BCUT2D eigenvalue weighted by Crippen LogP contribution is -2.26. The largest absolute Gasteiger partial charge is 0.540 e. The Bertz CT molecular complexity index is 423. The Balaban J connectivity index is 2.25. The van der Waals surface area contributed by atoms with Crippen LogP contribution in [-0.2, 0) is 21.1 Å². The Morgan fingerprint density at radius 3 is 2.43 bits per heavy atom. The molecule has 0 aromatic heterocycles. The maximum atomic E-state index is 11.5. The number of hydrogen-bond acceptors (Lipinski definition) is 4. The third kappa shape index (κ3) is 7.71. The summed E-state index contributed by atoms with van der Waals surface area (Å²) in [4.78, 5) is 21.4. The van der Waals surface area contributed by atoms with Crippen molar-refractivity contribution in [3.05, 3.63) is 35.4 Å². The molecule has 0 aliphatic rings. The van der Waals surface area contributed by atoms with Crippen LogP contribution in [0.15, 0.2) is 24.3 Å². The van der Waals surface area contributed by atoms with Crippen molar-refractivity contribution in [3.8, 4) is 0 Å². The molecule has 0 amide bonds. The van der Waals surface area contributed by atoms with Crippen LogP contribution in [0.4, 0.5) is 4.79 Å². The lowest BCUT2D eigenvalue weighted by molar-refractivity contribution is -0.319. The summed E-state index contributed by atoms with van der Waals surface area (Å²) in [7, 11) is 0. The lowest BCUT2D eigenvalue weighted by Gasteiger charge is -2.22. The van der Waals surface area contributed by atoms with Crippen LogP contribution in [0.1, 0.15) is 57.6 Å². The van der Waals surface area contributed by atoms with Gasteiger partial charge in [0.2, 0.25) is 0 Å². The topological polar surface area (TPSA) is 44.8 Å². The van der Waals surface area contributed by atoms with E-state index in [4.69, 9.17) is 14.5 Å². The van der Waals surface area contributed by atoms with Gasteiger partial charge in [-0.25, -0.2) is 4.79 Å². The van der Waals surface area contributed by atoms with Gasteiger partial charge < -0.3 is 4.74 Å². The van der Waals surface area contributed by atoms with Crippen LogP contribution in [0.5, 0.6) is 0 Å². The number of rotatable bonds is 8. The van der Waals surface area contributed by atoms with Gasteiger partial charge >= 0.3 is 6.16 Å². The molecule has 0 saturated carbocycles. The van der Waals surface area contributed by atoms with Gasteiger partial charge in [0, 0.05) is 0 Å². The molecule has 0 atom stereocenters. The fourth-order valence-corrected chi connectivity index (χ4v) is 1.84. The molecular weight excluding hydrogens is 268 g/mol. The van der Waals surface area contributed by atoms with Gasteiger partial charge in [0.15, 0.2) is 0 Å². The normalized spacial score (nSPS) is 11.2. The smallest absolute Gasteiger partial charge is 0.427 e. The van der Waals surface area contributed by atoms with Crippen molar-refractivity contribution in [1.29, 1.82) is 0 Å². The molecule has 0 unspecified atom stereocenters. The Morgan fingerprint density at radius 1 is 1.14 bits per heavy atom. The molecule has 0 fully saturated rings. The van der Waals surface area contributed by atoms with Crippen molar-refractivity contribution >= 4 is 6.16 Å². The van der Waals surface area contributed by atoms with Crippen LogP contribution in [-0.4, -0.2) is 11.8 Å². The summed E-state index contributed by atoms with van der Waals surface area (Å²) < 4.78 is 5.00. The molecule has 0 aliphatic carbocycles. The first-order chi connectivity index (χ1) is 9.93. The minimum absolute atomic E-state index is 0.179. The van der Waals surface area contributed by atoms with Crippen LogP contribution >= 0.6 is 0 Å². The molecule has 21 heavy (non-hydrogen) atoms. The maximum Gasteiger partial charge on any atom is 0.540 e. The number of carbonyl (C=O) groups is 1. The number of unbranched alkanes of at least 4 members (excludes halogenated alkanes) is 2. The third-order valence-corrected chi connectivity index (χ3v) is 3.19. The number of ether oxygens (including phenoxy) is 1. The van der Waals surface area contributed by atoms with E-state index in [0.717, 1.165) is 31.2 Å². The molecule has 1 rings (SSSR count). The predicted octanol–water partition coefficient (Wildman–Crippen LogP) is 4.94. The first-order valence-electron chi connectivity index (χ1n) is 7.51. The summed E-state index contributed by atoms with van der Waals surface area (Å²) in [5.41, 5.74) is 1.59. The van der Waals surface area contributed by atoms with Gasteiger partial charge in [0.1, 0.15) is 12.2 Å². The third-order valence-electron chi connectivity index (χ3n) is 3.19. The summed E-state index contributed by atoms with van der Waals surface area (Å²) in [6.45, 7) is 8.13. The number of carbonyl (C=O) groups excluding carboxylic acids is 1. The molecule has 4 nitrogen and oxygen atoms in total. The molecule has 0 N–H and O–H groups in total. The molecule has 0 spiro atoms. The van der Waals surface area contributed by atoms with Gasteiger partial charge in [0.05, 0.1) is 0 Å². The van der Waals surface area contributed by atoms with Crippen LogP contribution in [0, 0.1) is 6.92 Å². The summed E-state index contributed by atoms with van der Waals surface area (Å²) in [6.07, 6.45) is 3.37. The van der Waals surface area contributed by atoms with Gasteiger partial charge in [-0.05, 0) is 32.8 Å². The van der Waals surface area contributed by atoms with Crippen LogP contribution in [0.3, 0.4) is 0 Å². The summed E-state index contributed by atoms with van der Waals surface area (Å²) in [5.74, 6) is 0. The standard InChI is InChI=1S/C17H26O4/c1-5-6-7-12-17(3,4)21-20-16(18)19-13-15-10-8-14(2)9-11-15/h8-11H,5-7,12-13H2,1-4H3. The van der Waals surface area contributed by atoms with Gasteiger partial charge in [-0.15, -0.1) is 0 Å². The van der Waals surface area contributed by atoms with E-state index in [9.17, 15) is 4.79 Å². The van der Waals surface area contributed by atoms with Crippen molar-refractivity contribution < 1.29 is 19.3 Å². The molecular formula is C17H26O4. The Labute approximate surface area is 127 Å². The second-order valence-corrected chi connectivity index (χ2v) is 5.91. The monoisotopic (exact) mass is 294 g/mol. The van der Waals surface area contributed by atoms with Gasteiger partial charge in [-0.2, -0.15) is 4.89 Å². The fourth-order valence-electron chi connectivity index (χ4n) is 1.84. The highest BCUT2D eigenvalue weighted by Crippen LogP contribution is 2.19. The molecule has 0 saturated heterocycles. The van der Waals surface area contributed by atoms with Crippen molar-refractivity contribution in [2.24, 2.45) is 0 Å². The van der Waals surface area contributed by atoms with E-state index in [1.807, 2.05) is 45.0 Å². The van der Waals surface area contributed by atoms with Gasteiger partial charge in [-0.3, -0.25) is 4.89 Å². The summed E-state index contributed by atoms with van der Waals surface area (Å²) in [6, 6.07) is 7.77. The molecule has 0 radical (unpaired) electrons. The number of benzene rings is 1. The summed E-state index contributed by atoms with van der Waals surface area (Å²) in [5, 5.41) is 0. The zero-order chi connectivity index (χ0) is 15.7. The van der Waals surface area contributed by atoms with Gasteiger partial charge in [0.25, 0.3) is 0 Å². The van der Waals surface area contributed by atoms with Gasteiger partial charge in [-0.1, -0.05) is 56.0 Å². The fraction of sp³-hybridized carbons (Fsp3) is 0.588. The lowest BCUT2D eigenvalue weighted by atomic mass is 10.0. The van der Waals surface area contributed by atoms with Crippen molar-refractivity contribution in [2.75, 3.05) is 0 Å². The van der Waals surface area contributed by atoms with E-state index in [-0.39, 0.29) is 6.61 Å². The molecule has 0 aliphatic heterocycles. The number of aryl methyl sites for hydroxylation is 1. The average molecular weight is 294 g/mol. The molecule has 1 aromatic carbocycles. The van der Waals surface area contributed by atoms with E-state index < -0.39 is 11.8 Å².